The molecule has 8 rings (SSSR count). The van der Waals surface area contributed by atoms with Gasteiger partial charge in [-0.05, 0) is 234 Å². The predicted molar refractivity (Wildman–Crippen MR) is 288 cm³/mol. The van der Waals surface area contributed by atoms with Gasteiger partial charge < -0.3 is 29.2 Å². The van der Waals surface area contributed by atoms with Crippen molar-refractivity contribution in [3.63, 3.8) is 0 Å². The van der Waals surface area contributed by atoms with E-state index in [0.717, 1.165) is 104 Å². The van der Waals surface area contributed by atoms with Crippen LogP contribution in [-0.2, 0) is 9.47 Å². The largest absolute Gasteiger partial charge is 0.507 e. The lowest BCUT2D eigenvalue weighted by Gasteiger charge is -2.30. The average Bonchev–Trinajstić information content (AvgIpc) is 3.34. The molecule has 6 aromatic rings. The molecule has 0 saturated heterocycles. The van der Waals surface area contributed by atoms with Crippen molar-refractivity contribution in [2.75, 3.05) is 0 Å². The van der Waals surface area contributed by atoms with E-state index in [0.29, 0.717) is 11.5 Å². The van der Waals surface area contributed by atoms with Crippen molar-refractivity contribution in [3.8, 4) is 23.0 Å². The Hall–Kier alpha value is -5.30. The van der Waals surface area contributed by atoms with Gasteiger partial charge in [0.05, 0.1) is 12.2 Å². The molecule has 2 fully saturated rings. The normalized spacial score (nSPS) is 16.6. The van der Waals surface area contributed by atoms with Crippen LogP contribution >= 0.6 is 0 Å². The highest BCUT2D eigenvalue weighted by atomic mass is 16.7. The van der Waals surface area contributed by atoms with Crippen LogP contribution < -0.4 is 9.47 Å². The third-order valence-corrected chi connectivity index (χ3v) is 16.6. The summed E-state index contributed by atoms with van der Waals surface area (Å²) >= 11 is 0. The van der Waals surface area contributed by atoms with Gasteiger partial charge in [-0.2, -0.15) is 0 Å². The van der Waals surface area contributed by atoms with Crippen molar-refractivity contribution in [3.05, 3.63) is 161 Å². The summed E-state index contributed by atoms with van der Waals surface area (Å²) in [5.41, 5.74) is 19.6. The molecule has 4 atom stereocenters. The second-order valence-corrected chi connectivity index (χ2v) is 21.4. The molecule has 2 aliphatic carbocycles. The second kappa shape index (κ2) is 21.2. The van der Waals surface area contributed by atoms with Gasteiger partial charge in [0.1, 0.15) is 23.0 Å². The molecule has 6 heteroatoms. The van der Waals surface area contributed by atoms with Gasteiger partial charge in [-0.15, -0.1) is 0 Å². The van der Waals surface area contributed by atoms with E-state index in [1.807, 2.05) is 41.5 Å². The van der Waals surface area contributed by atoms with Crippen molar-refractivity contribution in [1.82, 2.24) is 0 Å². The Morgan fingerprint density at radius 1 is 0.386 bits per heavy atom. The monoisotopic (exact) mass is 945 g/mol. The summed E-state index contributed by atoms with van der Waals surface area (Å²) in [6.07, 6.45) is 11.6. The first-order valence-electron chi connectivity index (χ1n) is 26.3. The molecule has 0 radical (unpaired) electrons. The molecule has 4 unspecified atom stereocenters. The van der Waals surface area contributed by atoms with Gasteiger partial charge in [0.25, 0.3) is 0 Å². The van der Waals surface area contributed by atoms with E-state index in [4.69, 9.17) is 18.9 Å². The maximum atomic E-state index is 11.2. The number of hydrogen-bond acceptors (Lipinski definition) is 6. The molecule has 0 heterocycles. The summed E-state index contributed by atoms with van der Waals surface area (Å²) in [6, 6.07) is 22.9. The van der Waals surface area contributed by atoms with E-state index in [1.54, 1.807) is 0 Å². The lowest BCUT2D eigenvalue weighted by molar-refractivity contribution is -0.117. The van der Waals surface area contributed by atoms with Crippen molar-refractivity contribution in [1.29, 1.82) is 0 Å². The summed E-state index contributed by atoms with van der Waals surface area (Å²) in [4.78, 5) is 0. The second-order valence-electron chi connectivity index (χ2n) is 21.4. The Kier molecular flexibility index (Phi) is 15.5. The fraction of sp³-hybridized carbons (Fsp3) is 0.469. The highest BCUT2D eigenvalue weighted by Gasteiger charge is 2.30. The minimum atomic E-state index is -0.347. The van der Waals surface area contributed by atoms with Crippen LogP contribution in [-0.4, -0.2) is 35.0 Å². The first kappa shape index (κ1) is 51.1. The van der Waals surface area contributed by atoms with Crippen LogP contribution in [0.5, 0.6) is 23.0 Å². The molecule has 2 N–H and O–H groups in total. The van der Waals surface area contributed by atoms with Gasteiger partial charge in [0, 0.05) is 11.8 Å². The van der Waals surface area contributed by atoms with Crippen molar-refractivity contribution in [2.45, 2.75) is 198 Å². The number of aryl methyl sites for hydroxylation is 4. The molecule has 6 aromatic carbocycles. The first-order chi connectivity index (χ1) is 33.3. The number of ether oxygens (including phenoxy) is 4. The van der Waals surface area contributed by atoms with E-state index in [1.165, 1.54) is 83.0 Å². The van der Waals surface area contributed by atoms with Gasteiger partial charge in [-0.25, -0.2) is 0 Å². The third-order valence-electron chi connectivity index (χ3n) is 16.6. The van der Waals surface area contributed by atoms with E-state index in [9.17, 15) is 10.2 Å². The molecule has 0 spiro atoms. The Morgan fingerprint density at radius 2 is 0.714 bits per heavy atom. The molecule has 0 bridgehead atoms. The van der Waals surface area contributed by atoms with Crippen LogP contribution in [0.25, 0.3) is 10.8 Å². The SMILES string of the molecule is Cc1cc(C(c2ccc3ccc(C(c4cc(C)c(O)c(C)c4C)c4cc(C)c(OC(C)OC5CCCCC5)c(C)c4C)cc3c2)c2cc(C)c(OC(C)OC3CCCCC3)c(C)c2C)c(C)c(C)c1O. The molecule has 372 valence electrons. The molecule has 6 nitrogen and oxygen atoms in total. The topological polar surface area (TPSA) is 77.4 Å². The molecule has 0 aliphatic heterocycles. The van der Waals surface area contributed by atoms with Crippen molar-refractivity contribution in [2.24, 2.45) is 0 Å². The third kappa shape index (κ3) is 10.2. The fourth-order valence-electron chi connectivity index (χ4n) is 12.0. The number of hydrogen-bond donors (Lipinski definition) is 2. The quantitative estimate of drug-likeness (QED) is 0.0837. The highest BCUT2D eigenvalue weighted by Crippen LogP contribution is 2.46. The number of rotatable bonds is 14. The number of fused-ring (bicyclic) bond motifs is 1. The van der Waals surface area contributed by atoms with Gasteiger partial charge in [-0.1, -0.05) is 99.2 Å². The molecular formula is C64H80O6. The van der Waals surface area contributed by atoms with Gasteiger partial charge in [0.15, 0.2) is 12.6 Å². The summed E-state index contributed by atoms with van der Waals surface area (Å²) in [5, 5.41) is 24.7. The zero-order valence-corrected chi connectivity index (χ0v) is 44.8. The smallest absolute Gasteiger partial charge is 0.197 e. The Labute approximate surface area is 419 Å². The molecular weight excluding hydrogens is 865 g/mol. The summed E-state index contributed by atoms with van der Waals surface area (Å²) in [7, 11) is 0. The van der Waals surface area contributed by atoms with Crippen LogP contribution in [0.15, 0.2) is 60.7 Å². The maximum Gasteiger partial charge on any atom is 0.197 e. The number of phenols is 2. The molecule has 2 aliphatic rings. The lowest BCUT2D eigenvalue weighted by Crippen LogP contribution is -2.26. The van der Waals surface area contributed by atoms with E-state index < -0.39 is 0 Å². The molecule has 2 saturated carbocycles. The van der Waals surface area contributed by atoms with Crippen LogP contribution in [0.4, 0.5) is 0 Å². The average molecular weight is 945 g/mol. The van der Waals surface area contributed by atoms with E-state index in [-0.39, 0.29) is 36.6 Å². The number of phenolic OH excluding ortho intramolecular Hbond substituents is 2. The Balaban J connectivity index is 1.25. The van der Waals surface area contributed by atoms with Gasteiger partial charge in [0.2, 0.25) is 0 Å². The maximum absolute atomic E-state index is 11.2. The summed E-state index contributed by atoms with van der Waals surface area (Å²) < 4.78 is 26.3. The molecule has 70 heavy (non-hydrogen) atoms. The van der Waals surface area contributed by atoms with Crippen LogP contribution in [0, 0.1) is 83.1 Å². The van der Waals surface area contributed by atoms with Crippen molar-refractivity contribution >= 4 is 10.8 Å². The van der Waals surface area contributed by atoms with Gasteiger partial charge in [-0.3, -0.25) is 0 Å². The van der Waals surface area contributed by atoms with Crippen LogP contribution in [0.2, 0.25) is 0 Å². The zero-order valence-electron chi connectivity index (χ0n) is 44.8. The summed E-state index contributed by atoms with van der Waals surface area (Å²) in [5.74, 6) is 2.24. The minimum absolute atomic E-state index is 0.126. The van der Waals surface area contributed by atoms with Crippen LogP contribution in [0.3, 0.4) is 0 Å². The van der Waals surface area contributed by atoms with Crippen LogP contribution in [0.1, 0.15) is 190 Å². The first-order valence-corrected chi connectivity index (χ1v) is 26.3. The fourth-order valence-corrected chi connectivity index (χ4v) is 12.0. The number of aromatic hydroxyl groups is 2. The molecule has 0 aromatic heterocycles. The lowest BCUT2D eigenvalue weighted by atomic mass is 9.76. The molecule has 0 amide bonds. The standard InChI is InChI=1S/C64H80O6/c1-35-29-55(39(5)43(9)61(35)65)59(57-31-37(3)63(45(11)41(57)7)69-47(13)67-53-21-17-15-18-22-53)50-27-25-49-26-28-51(34-52(49)33-50)60(56-30-36(2)62(66)44(10)40(56)6)58-32-38(4)64(46(12)42(58)8)70-48(14)68-54-23-19-16-20-24-54/h25-34,47-48,53-54,59-60,65-66H,15-24H2,1-14H3. The minimum Gasteiger partial charge on any atom is -0.507 e. The Morgan fingerprint density at radius 3 is 1.07 bits per heavy atom. The van der Waals surface area contributed by atoms with E-state index in [2.05, 4.69) is 116 Å². The van der Waals surface area contributed by atoms with Gasteiger partial charge >= 0.3 is 0 Å². The Bertz CT molecular complexity index is 2700. The van der Waals surface area contributed by atoms with Crippen molar-refractivity contribution < 1.29 is 29.2 Å². The number of benzene rings is 6. The summed E-state index contributed by atoms with van der Waals surface area (Å²) in [6.45, 7) is 29.6. The predicted octanol–water partition coefficient (Wildman–Crippen LogP) is 16.5. The highest BCUT2D eigenvalue weighted by molar-refractivity contribution is 5.85. The zero-order chi connectivity index (χ0) is 50.3. The van der Waals surface area contributed by atoms with E-state index >= 15 is 0 Å².